The van der Waals surface area contributed by atoms with E-state index in [4.69, 9.17) is 11.6 Å². The first-order valence-corrected chi connectivity index (χ1v) is 10.7. The Labute approximate surface area is 177 Å². The average molecular weight is 516 g/mol. The first-order chi connectivity index (χ1) is 12.0. The third-order valence-electron chi connectivity index (χ3n) is 3.96. The molecule has 1 fully saturated rings. The van der Waals surface area contributed by atoms with Gasteiger partial charge in [0.2, 0.25) is 0 Å². The lowest BCUT2D eigenvalue weighted by atomic mass is 10.2. The summed E-state index contributed by atoms with van der Waals surface area (Å²) in [5.41, 5.74) is 1.11. The Morgan fingerprint density at radius 2 is 2.04 bits per heavy atom. The van der Waals surface area contributed by atoms with Crippen LogP contribution in [0.2, 0.25) is 5.15 Å². The lowest BCUT2D eigenvalue weighted by molar-refractivity contribution is 0.304. The highest BCUT2D eigenvalue weighted by Gasteiger charge is 2.20. The fourth-order valence-corrected chi connectivity index (χ4v) is 3.89. The number of rotatable bonds is 7. The van der Waals surface area contributed by atoms with Crippen LogP contribution in [0.3, 0.4) is 0 Å². The highest BCUT2D eigenvalue weighted by atomic mass is 127. The minimum atomic E-state index is -2.82. The van der Waals surface area contributed by atoms with E-state index in [0.717, 1.165) is 37.6 Å². The maximum atomic E-state index is 11.4. The van der Waals surface area contributed by atoms with Crippen molar-refractivity contribution in [2.75, 3.05) is 50.8 Å². The molecule has 0 aromatic carbocycles. The molecule has 1 aliphatic heterocycles. The summed E-state index contributed by atoms with van der Waals surface area (Å²) in [5.74, 6) is 1.28. The molecule has 0 amide bonds. The number of halogens is 2. The quantitative estimate of drug-likeness (QED) is 0.245. The van der Waals surface area contributed by atoms with Crippen LogP contribution in [0.1, 0.15) is 12.5 Å². The van der Waals surface area contributed by atoms with Crippen molar-refractivity contribution in [3.05, 3.63) is 29.0 Å². The van der Waals surface area contributed by atoms with Crippen LogP contribution >= 0.6 is 35.6 Å². The number of hydrogen-bond acceptors (Lipinski definition) is 5. The van der Waals surface area contributed by atoms with Gasteiger partial charge in [-0.05, 0) is 25.0 Å². The van der Waals surface area contributed by atoms with Crippen LogP contribution in [0, 0.1) is 0 Å². The third kappa shape index (κ3) is 8.83. The minimum absolute atomic E-state index is 0. The van der Waals surface area contributed by atoms with E-state index in [1.54, 1.807) is 12.3 Å². The van der Waals surface area contributed by atoms with Crippen LogP contribution in [0.15, 0.2) is 23.3 Å². The second-order valence-corrected chi connectivity index (χ2v) is 8.61. The zero-order valence-corrected chi connectivity index (χ0v) is 18.9. The highest BCUT2D eigenvalue weighted by molar-refractivity contribution is 14.0. The molecule has 0 radical (unpaired) electrons. The van der Waals surface area contributed by atoms with Gasteiger partial charge in [0.05, 0.1) is 18.1 Å². The summed E-state index contributed by atoms with van der Waals surface area (Å²) in [7, 11) is -2.82. The second kappa shape index (κ2) is 11.9. The Morgan fingerprint density at radius 3 is 2.65 bits per heavy atom. The lowest BCUT2D eigenvalue weighted by Gasteiger charge is -2.25. The molecule has 10 heteroatoms. The first-order valence-electron chi connectivity index (χ1n) is 8.54. The highest BCUT2D eigenvalue weighted by Crippen LogP contribution is 2.05. The largest absolute Gasteiger partial charge is 0.357 e. The predicted molar refractivity (Wildman–Crippen MR) is 117 cm³/mol. The van der Waals surface area contributed by atoms with Crippen LogP contribution in [0.5, 0.6) is 0 Å². The van der Waals surface area contributed by atoms with Gasteiger partial charge in [-0.1, -0.05) is 17.7 Å². The van der Waals surface area contributed by atoms with E-state index in [0.29, 0.717) is 24.8 Å². The molecule has 2 heterocycles. The average Bonchev–Trinajstić information content (AvgIpc) is 2.58. The summed E-state index contributed by atoms with van der Waals surface area (Å²) >= 11 is 5.78. The molecular formula is C16H27ClIN5O2S. The van der Waals surface area contributed by atoms with E-state index in [1.807, 2.05) is 13.0 Å². The number of hydrogen-bond donors (Lipinski definition) is 2. The van der Waals surface area contributed by atoms with Crippen molar-refractivity contribution in [1.82, 2.24) is 20.5 Å². The summed E-state index contributed by atoms with van der Waals surface area (Å²) in [6, 6.07) is 3.75. The molecule has 0 spiro atoms. The zero-order chi connectivity index (χ0) is 18.1. The van der Waals surface area contributed by atoms with Crippen LogP contribution in [-0.2, 0) is 16.3 Å². The Kier molecular flexibility index (Phi) is 10.7. The third-order valence-corrected chi connectivity index (χ3v) is 5.79. The summed E-state index contributed by atoms with van der Waals surface area (Å²) in [4.78, 5) is 10.8. The summed E-state index contributed by atoms with van der Waals surface area (Å²) < 4.78 is 22.9. The monoisotopic (exact) mass is 515 g/mol. The number of nitrogens with zero attached hydrogens (tertiary/aromatic N) is 3. The van der Waals surface area contributed by atoms with Gasteiger partial charge in [0, 0.05) is 38.9 Å². The molecule has 1 aromatic rings. The van der Waals surface area contributed by atoms with Gasteiger partial charge >= 0.3 is 0 Å². The number of aliphatic imine (C=N–C) groups is 1. The van der Waals surface area contributed by atoms with Gasteiger partial charge < -0.3 is 10.6 Å². The molecular weight excluding hydrogens is 489 g/mol. The predicted octanol–water partition coefficient (Wildman–Crippen LogP) is 1.18. The van der Waals surface area contributed by atoms with Crippen molar-refractivity contribution in [2.45, 2.75) is 13.3 Å². The van der Waals surface area contributed by atoms with Crippen molar-refractivity contribution in [2.24, 2.45) is 4.99 Å². The SMILES string of the molecule is CCNC(=NCCN1CCS(=O)(=O)CC1)NCCc1ccc(Cl)nc1.I. The van der Waals surface area contributed by atoms with Gasteiger partial charge in [0.25, 0.3) is 0 Å². The van der Waals surface area contributed by atoms with E-state index >= 15 is 0 Å². The first kappa shape index (κ1) is 23.4. The van der Waals surface area contributed by atoms with Gasteiger partial charge in [0.15, 0.2) is 15.8 Å². The molecule has 1 aromatic heterocycles. The Hall–Kier alpha value is -0.650. The number of aromatic nitrogens is 1. The van der Waals surface area contributed by atoms with Crippen LogP contribution in [0.4, 0.5) is 0 Å². The van der Waals surface area contributed by atoms with E-state index in [2.05, 4.69) is 25.5 Å². The number of guanidine groups is 1. The molecule has 2 rings (SSSR count). The van der Waals surface area contributed by atoms with Crippen molar-refractivity contribution in [1.29, 1.82) is 0 Å². The molecule has 0 aliphatic carbocycles. The Bertz CT molecular complexity index is 656. The maximum Gasteiger partial charge on any atom is 0.191 e. The number of pyridine rings is 1. The van der Waals surface area contributed by atoms with E-state index in [1.165, 1.54) is 0 Å². The molecule has 1 aliphatic rings. The van der Waals surface area contributed by atoms with Crippen molar-refractivity contribution < 1.29 is 8.42 Å². The molecule has 1 saturated heterocycles. The van der Waals surface area contributed by atoms with Crippen molar-refractivity contribution in [3.63, 3.8) is 0 Å². The lowest BCUT2D eigenvalue weighted by Crippen LogP contribution is -2.42. The van der Waals surface area contributed by atoms with Gasteiger partial charge in [-0.25, -0.2) is 13.4 Å². The number of nitrogens with one attached hydrogen (secondary N) is 2. The van der Waals surface area contributed by atoms with Crippen LogP contribution < -0.4 is 10.6 Å². The minimum Gasteiger partial charge on any atom is -0.357 e. The molecule has 0 bridgehead atoms. The fourth-order valence-electron chi connectivity index (χ4n) is 2.50. The van der Waals surface area contributed by atoms with E-state index < -0.39 is 9.84 Å². The second-order valence-electron chi connectivity index (χ2n) is 5.92. The topological polar surface area (TPSA) is 86.7 Å². The summed E-state index contributed by atoms with van der Waals surface area (Å²) in [5, 5.41) is 7.01. The van der Waals surface area contributed by atoms with Gasteiger partial charge in [-0.2, -0.15) is 0 Å². The molecule has 0 unspecified atom stereocenters. The normalized spacial score (nSPS) is 17.4. The maximum absolute atomic E-state index is 11.4. The standard InChI is InChI=1S/C16H26ClN5O2S.HI/c1-2-18-16(19-6-5-14-3-4-15(17)21-13-14)20-7-8-22-9-11-25(23,24)12-10-22;/h3-4,13H,2,5-12H2,1H3,(H2,18,19,20);1H. The molecule has 0 atom stereocenters. The molecule has 0 saturated carbocycles. The molecule has 7 nitrogen and oxygen atoms in total. The van der Waals surface area contributed by atoms with Crippen molar-refractivity contribution in [3.8, 4) is 0 Å². The molecule has 2 N–H and O–H groups in total. The molecule has 26 heavy (non-hydrogen) atoms. The zero-order valence-electron chi connectivity index (χ0n) is 14.9. The van der Waals surface area contributed by atoms with Gasteiger partial charge in [-0.3, -0.25) is 9.89 Å². The van der Waals surface area contributed by atoms with Crippen LogP contribution in [-0.4, -0.2) is 75.0 Å². The van der Waals surface area contributed by atoms with Crippen molar-refractivity contribution >= 4 is 51.4 Å². The van der Waals surface area contributed by atoms with Crippen LogP contribution in [0.25, 0.3) is 0 Å². The van der Waals surface area contributed by atoms with E-state index in [-0.39, 0.29) is 35.5 Å². The fraction of sp³-hybridized carbons (Fsp3) is 0.625. The molecule has 148 valence electrons. The smallest absolute Gasteiger partial charge is 0.191 e. The van der Waals surface area contributed by atoms with E-state index in [9.17, 15) is 8.42 Å². The Morgan fingerprint density at radius 1 is 1.31 bits per heavy atom. The summed E-state index contributed by atoms with van der Waals surface area (Å²) in [6.07, 6.45) is 2.61. The number of sulfone groups is 1. The van der Waals surface area contributed by atoms with Gasteiger partial charge in [-0.15, -0.1) is 24.0 Å². The van der Waals surface area contributed by atoms with Gasteiger partial charge in [0.1, 0.15) is 5.15 Å². The Balaban J connectivity index is 0.00000338. The summed E-state index contributed by atoms with van der Waals surface area (Å²) in [6.45, 7) is 6.17.